The zero-order valence-electron chi connectivity index (χ0n) is 14.6. The normalized spacial score (nSPS) is 21.8. The van der Waals surface area contributed by atoms with Crippen LogP contribution in [-0.4, -0.2) is 33.3 Å². The van der Waals surface area contributed by atoms with Gasteiger partial charge in [-0.25, -0.2) is 17.5 Å². The number of rotatable bonds is 5. The summed E-state index contributed by atoms with van der Waals surface area (Å²) < 4.78 is 53.3. The summed E-state index contributed by atoms with van der Waals surface area (Å²) in [5.74, 6) is -0.558. The molecule has 1 aromatic rings. The molecule has 25 heavy (non-hydrogen) atoms. The second-order valence-corrected chi connectivity index (χ2v) is 8.93. The summed E-state index contributed by atoms with van der Waals surface area (Å²) in [6, 6.07) is 3.86. The Bertz CT molecular complexity index is 695. The van der Waals surface area contributed by atoms with Crippen LogP contribution in [0.15, 0.2) is 23.1 Å². The van der Waals surface area contributed by atoms with Gasteiger partial charge >= 0.3 is 0 Å². The van der Waals surface area contributed by atoms with E-state index in [0.29, 0.717) is 26.1 Å². The molecule has 140 valence electrons. The zero-order chi connectivity index (χ0) is 17.9. The average molecular weight is 371 g/mol. The van der Waals surface area contributed by atoms with Gasteiger partial charge in [-0.3, -0.25) is 0 Å². The summed E-state index contributed by atoms with van der Waals surface area (Å²) >= 11 is 0. The standard InChI is InChI=1S/C18H26FNO4S/c1-18(9-3-2-4-10-18)20-25(21,22)15-5-6-17(16(19)13-15)24-14-7-11-23-12-8-14/h5-6,13-14,20H,2-4,7-12H2,1H3. The molecule has 0 amide bonds. The minimum Gasteiger partial charge on any atom is -0.487 e. The lowest BCUT2D eigenvalue weighted by molar-refractivity contribution is 0.0240. The van der Waals surface area contributed by atoms with E-state index in [9.17, 15) is 12.8 Å². The van der Waals surface area contributed by atoms with E-state index < -0.39 is 21.4 Å². The van der Waals surface area contributed by atoms with Crippen molar-refractivity contribution in [2.75, 3.05) is 13.2 Å². The van der Waals surface area contributed by atoms with E-state index in [1.807, 2.05) is 6.92 Å². The first kappa shape index (κ1) is 18.6. The largest absolute Gasteiger partial charge is 0.487 e. The molecule has 1 saturated carbocycles. The summed E-state index contributed by atoms with van der Waals surface area (Å²) in [6.45, 7) is 3.12. The van der Waals surface area contributed by atoms with Crippen molar-refractivity contribution in [2.24, 2.45) is 0 Å². The highest BCUT2D eigenvalue weighted by Crippen LogP contribution is 2.30. The Morgan fingerprint density at radius 2 is 1.88 bits per heavy atom. The van der Waals surface area contributed by atoms with Crippen molar-refractivity contribution < 1.29 is 22.3 Å². The highest BCUT2D eigenvalue weighted by Gasteiger charge is 2.32. The molecule has 1 heterocycles. The van der Waals surface area contributed by atoms with Crippen LogP contribution in [0.1, 0.15) is 51.9 Å². The Morgan fingerprint density at radius 1 is 1.20 bits per heavy atom. The highest BCUT2D eigenvalue weighted by molar-refractivity contribution is 7.89. The average Bonchev–Trinajstić information content (AvgIpc) is 2.57. The van der Waals surface area contributed by atoms with Gasteiger partial charge < -0.3 is 9.47 Å². The predicted molar refractivity (Wildman–Crippen MR) is 92.7 cm³/mol. The number of hydrogen-bond donors (Lipinski definition) is 1. The quantitative estimate of drug-likeness (QED) is 0.862. The topological polar surface area (TPSA) is 64.6 Å². The fraction of sp³-hybridized carbons (Fsp3) is 0.667. The maximum Gasteiger partial charge on any atom is 0.241 e. The molecule has 0 bridgehead atoms. The van der Waals surface area contributed by atoms with Crippen molar-refractivity contribution >= 4 is 10.0 Å². The monoisotopic (exact) mass is 371 g/mol. The number of halogens is 1. The van der Waals surface area contributed by atoms with Gasteiger partial charge in [-0.15, -0.1) is 0 Å². The number of sulfonamides is 1. The van der Waals surface area contributed by atoms with Crippen molar-refractivity contribution in [1.29, 1.82) is 0 Å². The molecular weight excluding hydrogens is 345 g/mol. The number of benzene rings is 1. The third-order valence-electron chi connectivity index (χ3n) is 5.01. The molecule has 1 aromatic carbocycles. The maximum atomic E-state index is 14.4. The van der Waals surface area contributed by atoms with Crippen LogP contribution in [0, 0.1) is 5.82 Å². The van der Waals surface area contributed by atoms with Crippen LogP contribution in [0.4, 0.5) is 4.39 Å². The van der Waals surface area contributed by atoms with Gasteiger partial charge in [-0.2, -0.15) is 0 Å². The summed E-state index contributed by atoms with van der Waals surface area (Å²) in [4.78, 5) is -0.0591. The SMILES string of the molecule is CC1(NS(=O)(=O)c2ccc(OC3CCOCC3)c(F)c2)CCCCC1. The van der Waals surface area contributed by atoms with E-state index in [0.717, 1.165) is 38.2 Å². The first-order valence-corrected chi connectivity index (χ1v) is 10.4. The summed E-state index contributed by atoms with van der Waals surface area (Å²) in [7, 11) is -3.76. The Balaban J connectivity index is 1.72. The molecule has 1 aliphatic heterocycles. The lowest BCUT2D eigenvalue weighted by Crippen LogP contribution is -2.47. The lowest BCUT2D eigenvalue weighted by atomic mass is 9.84. The van der Waals surface area contributed by atoms with Crippen molar-refractivity contribution in [3.05, 3.63) is 24.0 Å². The fourth-order valence-corrected chi connectivity index (χ4v) is 5.01. The van der Waals surface area contributed by atoms with Crippen molar-refractivity contribution in [3.63, 3.8) is 0 Å². The minimum absolute atomic E-state index is 0.0591. The van der Waals surface area contributed by atoms with Gasteiger partial charge in [0, 0.05) is 18.4 Å². The third-order valence-corrected chi connectivity index (χ3v) is 6.65. The molecular formula is C18H26FNO4S. The van der Waals surface area contributed by atoms with Gasteiger partial charge in [0.25, 0.3) is 0 Å². The zero-order valence-corrected chi connectivity index (χ0v) is 15.4. The number of nitrogens with one attached hydrogen (secondary N) is 1. The van der Waals surface area contributed by atoms with Crippen LogP contribution in [0.25, 0.3) is 0 Å². The van der Waals surface area contributed by atoms with Crippen LogP contribution in [-0.2, 0) is 14.8 Å². The highest BCUT2D eigenvalue weighted by atomic mass is 32.2. The second-order valence-electron chi connectivity index (χ2n) is 7.25. The van der Waals surface area contributed by atoms with Gasteiger partial charge in [-0.05, 0) is 38.0 Å². The van der Waals surface area contributed by atoms with E-state index in [2.05, 4.69) is 4.72 Å². The predicted octanol–water partition coefficient (Wildman–Crippen LogP) is 3.38. The smallest absolute Gasteiger partial charge is 0.241 e. The first-order chi connectivity index (χ1) is 11.9. The van der Waals surface area contributed by atoms with E-state index in [4.69, 9.17) is 9.47 Å². The van der Waals surface area contributed by atoms with Crippen LogP contribution >= 0.6 is 0 Å². The summed E-state index contributed by atoms with van der Waals surface area (Å²) in [6.07, 6.45) is 6.07. The molecule has 0 spiro atoms. The second kappa shape index (κ2) is 7.60. The first-order valence-electron chi connectivity index (χ1n) is 8.96. The molecule has 0 unspecified atom stereocenters. The Labute approximate surface area is 149 Å². The van der Waals surface area contributed by atoms with Gasteiger partial charge in [0.05, 0.1) is 18.1 Å². The van der Waals surface area contributed by atoms with Crippen molar-refractivity contribution in [3.8, 4) is 5.75 Å². The molecule has 1 saturated heterocycles. The molecule has 0 radical (unpaired) electrons. The van der Waals surface area contributed by atoms with E-state index in [1.165, 1.54) is 12.1 Å². The minimum atomic E-state index is -3.76. The van der Waals surface area contributed by atoms with Crippen LogP contribution in [0.3, 0.4) is 0 Å². The molecule has 3 rings (SSSR count). The Hall–Kier alpha value is -1.18. The molecule has 7 heteroatoms. The molecule has 0 aromatic heterocycles. The fourth-order valence-electron chi connectivity index (χ4n) is 3.54. The van der Waals surface area contributed by atoms with Gasteiger partial charge in [0.2, 0.25) is 10.0 Å². The number of ether oxygens (including phenoxy) is 2. The van der Waals surface area contributed by atoms with Gasteiger partial charge in [0.15, 0.2) is 11.6 Å². The molecule has 2 fully saturated rings. The maximum absolute atomic E-state index is 14.4. The lowest BCUT2D eigenvalue weighted by Gasteiger charge is -2.34. The van der Waals surface area contributed by atoms with Crippen LogP contribution in [0.2, 0.25) is 0 Å². The Kier molecular flexibility index (Phi) is 5.65. The van der Waals surface area contributed by atoms with Gasteiger partial charge in [0.1, 0.15) is 6.10 Å². The van der Waals surface area contributed by atoms with E-state index >= 15 is 0 Å². The molecule has 1 aliphatic carbocycles. The Morgan fingerprint density at radius 3 is 2.52 bits per heavy atom. The summed E-state index contributed by atoms with van der Waals surface area (Å²) in [5.41, 5.74) is -0.454. The molecule has 2 aliphatic rings. The third kappa shape index (κ3) is 4.71. The molecule has 5 nitrogen and oxygen atoms in total. The molecule has 0 atom stereocenters. The van der Waals surface area contributed by atoms with Crippen molar-refractivity contribution in [1.82, 2.24) is 4.72 Å². The number of hydrogen-bond acceptors (Lipinski definition) is 4. The van der Waals surface area contributed by atoms with E-state index in [-0.39, 0.29) is 16.7 Å². The molecule has 1 N–H and O–H groups in total. The van der Waals surface area contributed by atoms with Crippen LogP contribution < -0.4 is 9.46 Å². The van der Waals surface area contributed by atoms with Crippen molar-refractivity contribution in [2.45, 2.75) is 68.4 Å². The van der Waals surface area contributed by atoms with Crippen LogP contribution in [0.5, 0.6) is 5.75 Å². The van der Waals surface area contributed by atoms with Gasteiger partial charge in [-0.1, -0.05) is 19.3 Å². The van der Waals surface area contributed by atoms with E-state index in [1.54, 1.807) is 0 Å². The summed E-state index contributed by atoms with van der Waals surface area (Å²) in [5, 5.41) is 0.